The summed E-state index contributed by atoms with van der Waals surface area (Å²) in [5, 5.41) is 11.1. The third-order valence-electron chi connectivity index (χ3n) is 1.77. The fourth-order valence-electron chi connectivity index (χ4n) is 1.19. The van der Waals surface area contributed by atoms with E-state index in [9.17, 15) is 0 Å². The van der Waals surface area contributed by atoms with E-state index in [0.29, 0.717) is 10.9 Å². The van der Waals surface area contributed by atoms with Gasteiger partial charge in [0, 0.05) is 5.75 Å². The van der Waals surface area contributed by atoms with Crippen molar-refractivity contribution in [3.63, 3.8) is 0 Å². The lowest BCUT2D eigenvalue weighted by Gasteiger charge is -1.94. The molecule has 0 fully saturated rings. The molecule has 0 amide bonds. The van der Waals surface area contributed by atoms with Crippen LogP contribution in [0.4, 0.5) is 5.13 Å². The largest absolute Gasteiger partial charge is 0.375 e. The molecule has 0 bridgehead atoms. The predicted octanol–water partition coefficient (Wildman–Crippen LogP) is 2.59. The summed E-state index contributed by atoms with van der Waals surface area (Å²) < 4.78 is 1.08. The molecule has 3 nitrogen and oxygen atoms in total. The number of benzene rings is 1. The first kappa shape index (κ1) is 9.31. The fraction of sp³-hybridized carbons (Fsp3) is 0.111. The maximum Gasteiger partial charge on any atom is 0.181 e. The summed E-state index contributed by atoms with van der Waals surface area (Å²) in [6.07, 6.45) is 0. The molecule has 0 spiro atoms. The van der Waals surface area contributed by atoms with Crippen LogP contribution in [0.3, 0.4) is 0 Å². The Balaban J connectivity index is 2.36. The first-order valence-corrected chi connectivity index (χ1v) is 5.75. The molecule has 70 valence electrons. The first-order chi connectivity index (χ1) is 6.79. The summed E-state index contributed by atoms with van der Waals surface area (Å²) in [5.41, 5.74) is 7.65. The molecule has 0 aliphatic rings. The van der Waals surface area contributed by atoms with Gasteiger partial charge in [0.1, 0.15) is 5.40 Å². The molecule has 14 heavy (non-hydrogen) atoms. The summed E-state index contributed by atoms with van der Waals surface area (Å²) in [4.78, 5) is 4.16. The number of anilines is 1. The second-order valence-electron chi connectivity index (χ2n) is 2.73. The first-order valence-electron chi connectivity index (χ1n) is 3.95. The Kier molecular flexibility index (Phi) is 2.57. The molecule has 0 saturated heterocycles. The van der Waals surface area contributed by atoms with Gasteiger partial charge in [0.15, 0.2) is 5.13 Å². The Morgan fingerprint density at radius 2 is 2.43 bits per heavy atom. The second-order valence-corrected chi connectivity index (χ2v) is 4.56. The lowest BCUT2D eigenvalue weighted by atomic mass is 10.2. The summed E-state index contributed by atoms with van der Waals surface area (Å²) in [7, 11) is 0. The van der Waals surface area contributed by atoms with Crippen LogP contribution in [0.25, 0.3) is 10.2 Å². The molecule has 2 N–H and O–H groups in total. The van der Waals surface area contributed by atoms with E-state index in [-0.39, 0.29) is 0 Å². The SMILES string of the molecule is N#CSCc1ccc2nc(N)sc2c1. The predicted molar refractivity (Wildman–Crippen MR) is 60.9 cm³/mol. The minimum absolute atomic E-state index is 0.588. The number of aromatic nitrogens is 1. The van der Waals surface area contributed by atoms with Gasteiger partial charge >= 0.3 is 0 Å². The lowest BCUT2D eigenvalue weighted by Crippen LogP contribution is -1.80. The number of hydrogen-bond donors (Lipinski definition) is 1. The summed E-state index contributed by atoms with van der Waals surface area (Å²) in [6, 6.07) is 5.95. The third kappa shape index (κ3) is 1.81. The van der Waals surface area contributed by atoms with E-state index >= 15 is 0 Å². The molecule has 0 unspecified atom stereocenters. The molecular weight excluding hydrogens is 214 g/mol. The summed E-state index contributed by atoms with van der Waals surface area (Å²) in [6.45, 7) is 0. The lowest BCUT2D eigenvalue weighted by molar-refractivity contribution is 1.43. The van der Waals surface area contributed by atoms with Gasteiger partial charge < -0.3 is 5.73 Å². The van der Waals surface area contributed by atoms with Gasteiger partial charge in [-0.1, -0.05) is 17.4 Å². The monoisotopic (exact) mass is 221 g/mol. The fourth-order valence-corrected chi connectivity index (χ4v) is 2.40. The Labute approximate surface area is 89.6 Å². The highest BCUT2D eigenvalue weighted by molar-refractivity contribution is 8.02. The Bertz CT molecular complexity index is 498. The van der Waals surface area contributed by atoms with E-state index in [1.807, 2.05) is 23.6 Å². The van der Waals surface area contributed by atoms with Gasteiger partial charge in [0.2, 0.25) is 0 Å². The van der Waals surface area contributed by atoms with Crippen LogP contribution in [-0.4, -0.2) is 4.98 Å². The maximum atomic E-state index is 8.43. The van der Waals surface area contributed by atoms with Crippen molar-refractivity contribution >= 4 is 38.4 Å². The molecule has 0 aliphatic heterocycles. The van der Waals surface area contributed by atoms with Gasteiger partial charge in [-0.2, -0.15) is 5.26 Å². The second kappa shape index (κ2) is 3.86. The number of fused-ring (bicyclic) bond motifs is 1. The van der Waals surface area contributed by atoms with Gasteiger partial charge in [0.05, 0.1) is 10.2 Å². The average Bonchev–Trinajstić information content (AvgIpc) is 2.54. The van der Waals surface area contributed by atoms with Gasteiger partial charge in [-0.05, 0) is 29.5 Å². The number of nitrogens with two attached hydrogens (primary N) is 1. The molecule has 0 aliphatic carbocycles. The van der Waals surface area contributed by atoms with Crippen LogP contribution in [0.15, 0.2) is 18.2 Å². The molecule has 1 heterocycles. The number of nitriles is 1. The zero-order valence-electron chi connectivity index (χ0n) is 7.23. The van der Waals surface area contributed by atoms with Gasteiger partial charge in [-0.15, -0.1) is 0 Å². The Morgan fingerprint density at radius 1 is 1.57 bits per heavy atom. The van der Waals surface area contributed by atoms with Crippen LogP contribution in [0.5, 0.6) is 0 Å². The van der Waals surface area contributed by atoms with Gasteiger partial charge in [-0.3, -0.25) is 0 Å². The van der Waals surface area contributed by atoms with E-state index in [2.05, 4.69) is 4.98 Å². The van der Waals surface area contributed by atoms with Crippen LogP contribution in [-0.2, 0) is 5.75 Å². The Hall–Kier alpha value is -1.25. The van der Waals surface area contributed by atoms with Crippen molar-refractivity contribution in [2.24, 2.45) is 0 Å². The van der Waals surface area contributed by atoms with Crippen LogP contribution in [0.2, 0.25) is 0 Å². The van der Waals surface area contributed by atoms with Crippen molar-refractivity contribution in [3.05, 3.63) is 23.8 Å². The van der Waals surface area contributed by atoms with Crippen molar-refractivity contribution in [1.82, 2.24) is 4.98 Å². The van der Waals surface area contributed by atoms with Crippen LogP contribution >= 0.6 is 23.1 Å². The number of thiazole rings is 1. The van der Waals surface area contributed by atoms with E-state index in [4.69, 9.17) is 11.0 Å². The molecule has 0 saturated carbocycles. The zero-order chi connectivity index (χ0) is 9.97. The highest BCUT2D eigenvalue weighted by Gasteiger charge is 2.01. The van der Waals surface area contributed by atoms with Crippen molar-refractivity contribution < 1.29 is 0 Å². The number of rotatable bonds is 2. The summed E-state index contributed by atoms with van der Waals surface area (Å²) in [5.74, 6) is 0.713. The minimum atomic E-state index is 0.588. The highest BCUT2D eigenvalue weighted by atomic mass is 32.2. The topological polar surface area (TPSA) is 62.7 Å². The van der Waals surface area contributed by atoms with Gasteiger partial charge in [0.25, 0.3) is 0 Å². The number of thioether (sulfide) groups is 1. The van der Waals surface area contributed by atoms with Crippen molar-refractivity contribution in [2.75, 3.05) is 5.73 Å². The van der Waals surface area contributed by atoms with E-state index < -0.39 is 0 Å². The number of nitrogens with zero attached hydrogens (tertiary/aromatic N) is 2. The molecular formula is C9H7N3S2. The molecule has 2 aromatic rings. The van der Waals surface area contributed by atoms with Crippen LogP contribution < -0.4 is 5.73 Å². The molecule has 5 heteroatoms. The van der Waals surface area contributed by atoms with Gasteiger partial charge in [-0.25, -0.2) is 4.98 Å². The quantitative estimate of drug-likeness (QED) is 0.792. The maximum absolute atomic E-state index is 8.43. The van der Waals surface area contributed by atoms with Crippen molar-refractivity contribution in [3.8, 4) is 5.40 Å². The highest BCUT2D eigenvalue weighted by Crippen LogP contribution is 2.25. The number of thiocyanates is 1. The molecule has 1 aromatic heterocycles. The van der Waals surface area contributed by atoms with Crippen LogP contribution in [0, 0.1) is 10.7 Å². The normalized spacial score (nSPS) is 10.2. The molecule has 2 rings (SSSR count). The van der Waals surface area contributed by atoms with Crippen molar-refractivity contribution in [2.45, 2.75) is 5.75 Å². The number of nitrogen functional groups attached to an aromatic ring is 1. The standard InChI is InChI=1S/C9H7N3S2/c10-5-13-4-6-1-2-7-8(3-6)14-9(11)12-7/h1-3H,4H2,(H2,11,12). The zero-order valence-corrected chi connectivity index (χ0v) is 8.86. The van der Waals surface area contributed by atoms with E-state index in [1.165, 1.54) is 23.1 Å². The average molecular weight is 221 g/mol. The molecule has 0 radical (unpaired) electrons. The smallest absolute Gasteiger partial charge is 0.181 e. The van der Waals surface area contributed by atoms with E-state index in [1.54, 1.807) is 0 Å². The van der Waals surface area contributed by atoms with Crippen LogP contribution in [0.1, 0.15) is 5.56 Å². The molecule has 1 aromatic carbocycles. The minimum Gasteiger partial charge on any atom is -0.375 e. The molecule has 0 atom stereocenters. The third-order valence-corrected chi connectivity index (χ3v) is 3.23. The van der Waals surface area contributed by atoms with Crippen molar-refractivity contribution in [1.29, 1.82) is 5.26 Å². The number of hydrogen-bond acceptors (Lipinski definition) is 5. The van der Waals surface area contributed by atoms with E-state index in [0.717, 1.165) is 15.8 Å². The Morgan fingerprint density at radius 3 is 3.21 bits per heavy atom. The summed E-state index contributed by atoms with van der Waals surface area (Å²) >= 11 is 2.71.